The fourth-order valence-electron chi connectivity index (χ4n) is 3.84. The van der Waals surface area contributed by atoms with Crippen LogP contribution in [0.4, 0.5) is 11.5 Å². The topological polar surface area (TPSA) is 69.6 Å². The molecule has 2 aromatic rings. The fraction of sp³-hybridized carbons (Fsp3) is 0.400. The van der Waals surface area contributed by atoms with Gasteiger partial charge in [0.1, 0.15) is 5.82 Å². The molecule has 1 saturated heterocycles. The normalized spacial score (nSPS) is 14.8. The number of amidine groups is 1. The highest BCUT2D eigenvalue weighted by molar-refractivity contribution is 6.31. The third-order valence-corrected chi connectivity index (χ3v) is 6.02. The van der Waals surface area contributed by atoms with Crippen LogP contribution in [-0.4, -0.2) is 36.4 Å². The van der Waals surface area contributed by atoms with Crippen molar-refractivity contribution in [3.8, 4) is 0 Å². The van der Waals surface area contributed by atoms with Crippen molar-refractivity contribution in [1.29, 1.82) is 0 Å². The number of nitrogens with zero attached hydrogens (tertiary/aromatic N) is 3. The van der Waals surface area contributed by atoms with Crippen LogP contribution in [0.2, 0.25) is 5.02 Å². The molecule has 1 aromatic heterocycles. The highest BCUT2D eigenvalue weighted by Crippen LogP contribution is 2.30. The molecule has 0 bridgehead atoms. The molecule has 0 atom stereocenters. The molecular formula is C25H32ClN5O. The molecule has 0 aliphatic carbocycles. The summed E-state index contributed by atoms with van der Waals surface area (Å²) in [5.74, 6) is 1.92. The summed E-state index contributed by atoms with van der Waals surface area (Å²) in [7, 11) is 0. The predicted molar refractivity (Wildman–Crippen MR) is 134 cm³/mol. The number of amides is 1. The molecule has 0 radical (unpaired) electrons. The fourth-order valence-corrected chi connectivity index (χ4v) is 4.03. The lowest BCUT2D eigenvalue weighted by molar-refractivity contribution is -0.125. The number of carbonyl (C=O) groups is 1. The van der Waals surface area contributed by atoms with E-state index < -0.39 is 0 Å². The number of carbonyl (C=O) groups excluding carboxylic acids is 1. The molecule has 1 aromatic carbocycles. The van der Waals surface area contributed by atoms with E-state index >= 15 is 0 Å². The summed E-state index contributed by atoms with van der Waals surface area (Å²) in [6.07, 6.45) is 6.23. The van der Waals surface area contributed by atoms with Crippen molar-refractivity contribution >= 4 is 40.9 Å². The molecule has 1 aliphatic heterocycles. The first-order chi connectivity index (χ1) is 15.5. The molecule has 1 aliphatic rings. The SMILES string of the molecule is C=Cc1c(NC(C)=NCc2ccccc2Cl)ccnc1N1CCC(C(=O)NCCC)CC1. The smallest absolute Gasteiger partial charge is 0.223 e. The van der Waals surface area contributed by atoms with Crippen LogP contribution < -0.4 is 15.5 Å². The van der Waals surface area contributed by atoms with E-state index in [2.05, 4.69) is 39.0 Å². The highest BCUT2D eigenvalue weighted by atomic mass is 35.5. The van der Waals surface area contributed by atoms with Gasteiger partial charge in [-0.05, 0) is 43.9 Å². The second kappa shape index (κ2) is 11.7. The minimum Gasteiger partial charge on any atom is -0.356 e. The van der Waals surface area contributed by atoms with Crippen LogP contribution in [-0.2, 0) is 11.3 Å². The first-order valence-corrected chi connectivity index (χ1v) is 11.6. The van der Waals surface area contributed by atoms with Gasteiger partial charge in [0.05, 0.1) is 18.1 Å². The van der Waals surface area contributed by atoms with E-state index in [1.54, 1.807) is 6.20 Å². The van der Waals surface area contributed by atoms with E-state index in [1.807, 2.05) is 43.3 Å². The number of hydrogen-bond acceptors (Lipinski definition) is 4. The number of aromatic nitrogens is 1. The number of nitrogens with one attached hydrogen (secondary N) is 2. The lowest BCUT2D eigenvalue weighted by Crippen LogP contribution is -2.41. The zero-order valence-electron chi connectivity index (χ0n) is 18.9. The van der Waals surface area contributed by atoms with Gasteiger partial charge in [-0.25, -0.2) is 4.98 Å². The number of rotatable bonds is 8. The maximum absolute atomic E-state index is 12.3. The second-order valence-electron chi connectivity index (χ2n) is 7.97. The monoisotopic (exact) mass is 453 g/mol. The van der Waals surface area contributed by atoms with Gasteiger partial charge in [-0.15, -0.1) is 0 Å². The Morgan fingerprint density at radius 3 is 2.75 bits per heavy atom. The van der Waals surface area contributed by atoms with Crippen LogP contribution >= 0.6 is 11.6 Å². The summed E-state index contributed by atoms with van der Waals surface area (Å²) in [4.78, 5) is 23.8. The molecule has 1 fully saturated rings. The number of pyridine rings is 1. The summed E-state index contributed by atoms with van der Waals surface area (Å²) in [6.45, 7) is 10.8. The second-order valence-corrected chi connectivity index (χ2v) is 8.38. The van der Waals surface area contributed by atoms with E-state index in [0.717, 1.165) is 67.4 Å². The standard InChI is InChI=1S/C25H32ClN5O/c1-4-13-28-25(32)19-11-15-31(16-12-19)24-21(5-2)23(10-14-27-24)30-18(3)29-17-20-8-6-7-9-22(20)26/h5-10,14,19H,2,4,11-13,15-17H2,1,3H3,(H,28,32)(H,27,29,30). The number of hydrogen-bond donors (Lipinski definition) is 2. The van der Waals surface area contributed by atoms with Crippen LogP contribution in [0.5, 0.6) is 0 Å². The number of piperidine rings is 1. The molecule has 0 unspecified atom stereocenters. The summed E-state index contributed by atoms with van der Waals surface area (Å²) in [6, 6.07) is 9.65. The van der Waals surface area contributed by atoms with Gasteiger partial charge in [-0.1, -0.05) is 49.4 Å². The van der Waals surface area contributed by atoms with Crippen molar-refractivity contribution in [2.75, 3.05) is 29.9 Å². The Morgan fingerprint density at radius 1 is 1.31 bits per heavy atom. The van der Waals surface area contributed by atoms with Crippen molar-refractivity contribution in [2.45, 2.75) is 39.7 Å². The van der Waals surface area contributed by atoms with Crippen LogP contribution in [0.15, 0.2) is 48.1 Å². The minimum atomic E-state index is 0.0745. The zero-order valence-corrected chi connectivity index (χ0v) is 19.7. The van der Waals surface area contributed by atoms with Crippen molar-refractivity contribution in [3.05, 3.63) is 59.3 Å². The molecule has 0 spiro atoms. The first kappa shape index (κ1) is 23.8. The van der Waals surface area contributed by atoms with Gasteiger partial charge < -0.3 is 15.5 Å². The van der Waals surface area contributed by atoms with E-state index in [9.17, 15) is 4.79 Å². The molecule has 1 amide bonds. The molecule has 3 rings (SSSR count). The largest absolute Gasteiger partial charge is 0.356 e. The molecule has 7 heteroatoms. The lowest BCUT2D eigenvalue weighted by atomic mass is 9.95. The van der Waals surface area contributed by atoms with E-state index in [0.29, 0.717) is 11.6 Å². The van der Waals surface area contributed by atoms with Gasteiger partial charge in [0.15, 0.2) is 0 Å². The third kappa shape index (κ3) is 6.10. The Kier molecular flexibility index (Phi) is 8.68. The number of benzene rings is 1. The van der Waals surface area contributed by atoms with Crippen LogP contribution in [0.1, 0.15) is 44.2 Å². The van der Waals surface area contributed by atoms with Gasteiger partial charge in [0.25, 0.3) is 0 Å². The molecule has 2 N–H and O–H groups in total. The average molecular weight is 454 g/mol. The highest BCUT2D eigenvalue weighted by Gasteiger charge is 2.26. The van der Waals surface area contributed by atoms with E-state index in [4.69, 9.17) is 11.6 Å². The Labute approximate surface area is 195 Å². The van der Waals surface area contributed by atoms with Gasteiger partial charge >= 0.3 is 0 Å². The number of halogens is 1. The minimum absolute atomic E-state index is 0.0745. The Hall–Kier alpha value is -2.86. The van der Waals surface area contributed by atoms with E-state index in [1.165, 1.54) is 0 Å². The number of aliphatic imine (C=N–C) groups is 1. The number of anilines is 2. The molecular weight excluding hydrogens is 422 g/mol. The van der Waals surface area contributed by atoms with Crippen molar-refractivity contribution in [2.24, 2.45) is 10.9 Å². The third-order valence-electron chi connectivity index (χ3n) is 5.65. The van der Waals surface area contributed by atoms with Crippen molar-refractivity contribution < 1.29 is 4.79 Å². The first-order valence-electron chi connectivity index (χ1n) is 11.2. The molecule has 6 nitrogen and oxygen atoms in total. The van der Waals surface area contributed by atoms with Gasteiger partial charge in [0, 0.05) is 42.3 Å². The predicted octanol–water partition coefficient (Wildman–Crippen LogP) is 5.15. The van der Waals surface area contributed by atoms with Crippen LogP contribution in [0.25, 0.3) is 6.08 Å². The Morgan fingerprint density at radius 2 is 2.06 bits per heavy atom. The van der Waals surface area contributed by atoms with Crippen molar-refractivity contribution in [3.63, 3.8) is 0 Å². The maximum atomic E-state index is 12.3. The van der Waals surface area contributed by atoms with Gasteiger partial charge in [-0.3, -0.25) is 9.79 Å². The zero-order chi connectivity index (χ0) is 22.9. The van der Waals surface area contributed by atoms with Crippen molar-refractivity contribution in [1.82, 2.24) is 10.3 Å². The van der Waals surface area contributed by atoms with Gasteiger partial charge in [0.2, 0.25) is 5.91 Å². The van der Waals surface area contributed by atoms with Crippen LogP contribution in [0, 0.1) is 5.92 Å². The summed E-state index contributed by atoms with van der Waals surface area (Å²) in [5, 5.41) is 7.12. The lowest BCUT2D eigenvalue weighted by Gasteiger charge is -2.33. The summed E-state index contributed by atoms with van der Waals surface area (Å²) >= 11 is 6.24. The maximum Gasteiger partial charge on any atom is 0.223 e. The van der Waals surface area contributed by atoms with Crippen LogP contribution in [0.3, 0.4) is 0 Å². The molecule has 0 saturated carbocycles. The molecule has 32 heavy (non-hydrogen) atoms. The van der Waals surface area contributed by atoms with Gasteiger partial charge in [-0.2, -0.15) is 0 Å². The Balaban J connectivity index is 1.67. The Bertz CT molecular complexity index is 967. The van der Waals surface area contributed by atoms with E-state index in [-0.39, 0.29) is 11.8 Å². The summed E-state index contributed by atoms with van der Waals surface area (Å²) in [5.41, 5.74) is 2.84. The quantitative estimate of drug-likeness (QED) is 0.428. The molecule has 2 heterocycles. The molecule has 170 valence electrons. The summed E-state index contributed by atoms with van der Waals surface area (Å²) < 4.78 is 0. The average Bonchev–Trinajstić information content (AvgIpc) is 2.82.